The summed E-state index contributed by atoms with van der Waals surface area (Å²) >= 11 is 3.39. The highest BCUT2D eigenvalue weighted by atomic mass is 79.9. The van der Waals surface area contributed by atoms with Crippen molar-refractivity contribution in [1.82, 2.24) is 4.90 Å². The molecule has 1 aromatic rings. The van der Waals surface area contributed by atoms with Crippen LogP contribution in [0.3, 0.4) is 0 Å². The van der Waals surface area contributed by atoms with Gasteiger partial charge in [-0.3, -0.25) is 9.69 Å². The van der Waals surface area contributed by atoms with Crippen molar-refractivity contribution in [2.45, 2.75) is 32.2 Å². The first-order valence-electron chi connectivity index (χ1n) is 7.26. The molecule has 0 bridgehead atoms. The highest BCUT2D eigenvalue weighted by molar-refractivity contribution is 9.10. The van der Waals surface area contributed by atoms with Gasteiger partial charge in [0.05, 0.1) is 6.04 Å². The molecule has 0 spiro atoms. The third kappa shape index (κ3) is 3.90. The Morgan fingerprint density at radius 3 is 2.80 bits per heavy atom. The average molecular weight is 340 g/mol. The minimum absolute atomic E-state index is 0.0855. The summed E-state index contributed by atoms with van der Waals surface area (Å²) < 4.78 is 0.989. The number of carbonyl (C=O) groups excluding carboxylic acids is 1. The largest absolute Gasteiger partial charge is 0.396 e. The van der Waals surface area contributed by atoms with E-state index in [2.05, 4.69) is 20.8 Å². The number of nitrogens with zero attached hydrogens (tertiary/aromatic N) is 1. The Bertz CT molecular complexity index is 444. The van der Waals surface area contributed by atoms with Crippen LogP contribution in [0.5, 0.6) is 0 Å². The Kier molecular flexibility index (Phi) is 5.75. The van der Waals surface area contributed by atoms with Crippen molar-refractivity contribution >= 4 is 21.7 Å². The Morgan fingerprint density at radius 2 is 2.15 bits per heavy atom. The highest BCUT2D eigenvalue weighted by Crippen LogP contribution is 2.22. The molecular formula is C16H22BrNO2. The second-order valence-electron chi connectivity index (χ2n) is 5.56. The van der Waals surface area contributed by atoms with E-state index in [1.807, 2.05) is 31.2 Å². The molecule has 1 N–H and O–H groups in total. The summed E-state index contributed by atoms with van der Waals surface area (Å²) in [5.74, 6) is 0.705. The summed E-state index contributed by atoms with van der Waals surface area (Å²) in [4.78, 5) is 14.8. The van der Waals surface area contributed by atoms with Crippen LogP contribution in [-0.2, 0) is 0 Å². The summed E-state index contributed by atoms with van der Waals surface area (Å²) in [6.07, 6.45) is 3.12. The van der Waals surface area contributed by atoms with Crippen molar-refractivity contribution in [3.05, 3.63) is 34.3 Å². The van der Waals surface area contributed by atoms with Crippen LogP contribution in [0.1, 0.15) is 36.5 Å². The standard InChI is InChI=1S/C16H22BrNO2/c1-12(16(20)14-4-6-15(17)7-5-14)18-9-2-3-13(11-18)8-10-19/h4-7,12-13,19H,2-3,8-11H2,1H3. The Balaban J connectivity index is 2.00. The third-order valence-corrected chi connectivity index (χ3v) is 4.67. The molecule has 0 saturated carbocycles. The van der Waals surface area contributed by atoms with Gasteiger partial charge in [-0.15, -0.1) is 0 Å². The topological polar surface area (TPSA) is 40.5 Å². The zero-order valence-electron chi connectivity index (χ0n) is 11.9. The number of halogens is 1. The molecule has 0 amide bonds. The normalized spacial score (nSPS) is 21.6. The number of aliphatic hydroxyl groups is 1. The molecule has 1 aromatic carbocycles. The first-order valence-corrected chi connectivity index (χ1v) is 8.06. The van der Waals surface area contributed by atoms with Gasteiger partial charge in [-0.25, -0.2) is 0 Å². The minimum Gasteiger partial charge on any atom is -0.396 e. The number of aliphatic hydroxyl groups excluding tert-OH is 1. The number of likely N-dealkylation sites (tertiary alicyclic amines) is 1. The molecule has 4 heteroatoms. The van der Waals surface area contributed by atoms with Crippen molar-refractivity contribution in [2.75, 3.05) is 19.7 Å². The van der Waals surface area contributed by atoms with E-state index in [1.54, 1.807) is 0 Å². The molecule has 1 heterocycles. The fourth-order valence-electron chi connectivity index (χ4n) is 2.89. The lowest BCUT2D eigenvalue weighted by Crippen LogP contribution is -2.45. The smallest absolute Gasteiger partial charge is 0.179 e. The molecule has 1 saturated heterocycles. The van der Waals surface area contributed by atoms with E-state index in [9.17, 15) is 4.79 Å². The van der Waals surface area contributed by atoms with E-state index in [0.717, 1.165) is 42.4 Å². The molecule has 20 heavy (non-hydrogen) atoms. The van der Waals surface area contributed by atoms with Crippen molar-refractivity contribution in [3.63, 3.8) is 0 Å². The maximum atomic E-state index is 12.5. The molecule has 3 nitrogen and oxygen atoms in total. The van der Waals surface area contributed by atoms with Crippen LogP contribution in [0, 0.1) is 5.92 Å². The third-order valence-electron chi connectivity index (χ3n) is 4.14. The zero-order chi connectivity index (χ0) is 14.5. The quantitative estimate of drug-likeness (QED) is 0.838. The monoisotopic (exact) mass is 339 g/mol. The molecular weight excluding hydrogens is 318 g/mol. The molecule has 2 rings (SSSR count). The first-order chi connectivity index (χ1) is 9.61. The molecule has 0 aromatic heterocycles. The number of hydrogen-bond acceptors (Lipinski definition) is 3. The van der Waals surface area contributed by atoms with Crippen LogP contribution in [0.2, 0.25) is 0 Å². The fraction of sp³-hybridized carbons (Fsp3) is 0.562. The fourth-order valence-corrected chi connectivity index (χ4v) is 3.15. The van der Waals surface area contributed by atoms with E-state index in [1.165, 1.54) is 0 Å². The van der Waals surface area contributed by atoms with Gasteiger partial charge in [-0.2, -0.15) is 0 Å². The molecule has 1 aliphatic heterocycles. The molecule has 110 valence electrons. The van der Waals surface area contributed by atoms with Crippen molar-refractivity contribution in [3.8, 4) is 0 Å². The average Bonchev–Trinajstić information content (AvgIpc) is 2.47. The van der Waals surface area contributed by atoms with Gasteiger partial charge in [0.1, 0.15) is 0 Å². The van der Waals surface area contributed by atoms with Crippen LogP contribution in [0.15, 0.2) is 28.7 Å². The number of carbonyl (C=O) groups is 1. The van der Waals surface area contributed by atoms with E-state index in [-0.39, 0.29) is 18.4 Å². The second kappa shape index (κ2) is 7.34. The second-order valence-corrected chi connectivity index (χ2v) is 6.48. The number of rotatable bonds is 5. The summed E-state index contributed by atoms with van der Waals surface area (Å²) in [5, 5.41) is 9.07. The number of piperidine rings is 1. The lowest BCUT2D eigenvalue weighted by atomic mass is 9.93. The van der Waals surface area contributed by atoms with Crippen molar-refractivity contribution in [1.29, 1.82) is 0 Å². The Hall–Kier alpha value is -0.710. The number of benzene rings is 1. The van der Waals surface area contributed by atoms with E-state index in [4.69, 9.17) is 5.11 Å². The lowest BCUT2D eigenvalue weighted by Gasteiger charge is -2.36. The SMILES string of the molecule is CC(C(=O)c1ccc(Br)cc1)N1CCCC(CCO)C1. The number of ketones is 1. The van der Waals surface area contributed by atoms with Crippen LogP contribution in [-0.4, -0.2) is 41.5 Å². The van der Waals surface area contributed by atoms with Crippen molar-refractivity contribution < 1.29 is 9.90 Å². The highest BCUT2D eigenvalue weighted by Gasteiger charge is 2.27. The van der Waals surface area contributed by atoms with Crippen LogP contribution < -0.4 is 0 Å². The first kappa shape index (κ1) is 15.7. The van der Waals surface area contributed by atoms with Gasteiger partial charge >= 0.3 is 0 Å². The molecule has 1 aliphatic rings. The van der Waals surface area contributed by atoms with Crippen LogP contribution in [0.25, 0.3) is 0 Å². The Labute approximate surface area is 129 Å². The van der Waals surface area contributed by atoms with Crippen LogP contribution >= 0.6 is 15.9 Å². The van der Waals surface area contributed by atoms with E-state index < -0.39 is 0 Å². The van der Waals surface area contributed by atoms with Gasteiger partial charge < -0.3 is 5.11 Å². The summed E-state index contributed by atoms with van der Waals surface area (Å²) in [5.41, 5.74) is 0.769. The molecule has 2 atom stereocenters. The summed E-state index contributed by atoms with van der Waals surface area (Å²) in [7, 11) is 0. The Morgan fingerprint density at radius 1 is 1.45 bits per heavy atom. The predicted molar refractivity (Wildman–Crippen MR) is 83.9 cm³/mol. The molecule has 2 unspecified atom stereocenters. The maximum absolute atomic E-state index is 12.5. The van der Waals surface area contributed by atoms with Gasteiger partial charge in [0.25, 0.3) is 0 Å². The van der Waals surface area contributed by atoms with Gasteiger partial charge in [0.15, 0.2) is 5.78 Å². The van der Waals surface area contributed by atoms with Gasteiger partial charge in [0, 0.05) is 23.2 Å². The maximum Gasteiger partial charge on any atom is 0.179 e. The van der Waals surface area contributed by atoms with Crippen LogP contribution in [0.4, 0.5) is 0 Å². The zero-order valence-corrected chi connectivity index (χ0v) is 13.5. The van der Waals surface area contributed by atoms with Gasteiger partial charge in [0.2, 0.25) is 0 Å². The number of hydrogen-bond donors (Lipinski definition) is 1. The summed E-state index contributed by atoms with van der Waals surface area (Å²) in [6, 6.07) is 7.48. The van der Waals surface area contributed by atoms with Gasteiger partial charge in [-0.05, 0) is 50.8 Å². The predicted octanol–water partition coefficient (Wildman–Crippen LogP) is 3.11. The molecule has 0 aliphatic carbocycles. The lowest BCUT2D eigenvalue weighted by molar-refractivity contribution is 0.0728. The number of Topliss-reactive ketones (excluding diaryl/α,β-unsaturated/α-hetero) is 1. The summed E-state index contributed by atoms with van der Waals surface area (Å²) in [6.45, 7) is 4.13. The van der Waals surface area contributed by atoms with E-state index in [0.29, 0.717) is 5.92 Å². The van der Waals surface area contributed by atoms with Gasteiger partial charge in [-0.1, -0.05) is 28.1 Å². The minimum atomic E-state index is -0.0855. The molecule has 0 radical (unpaired) electrons. The van der Waals surface area contributed by atoms with E-state index >= 15 is 0 Å². The van der Waals surface area contributed by atoms with Crippen molar-refractivity contribution in [2.24, 2.45) is 5.92 Å². The molecule has 1 fully saturated rings.